The second kappa shape index (κ2) is 6.23. The summed E-state index contributed by atoms with van der Waals surface area (Å²) in [5.74, 6) is 0.793. The van der Waals surface area contributed by atoms with Crippen molar-refractivity contribution in [3.63, 3.8) is 0 Å². The number of benzene rings is 1. The molecule has 0 N–H and O–H groups in total. The van der Waals surface area contributed by atoms with Crippen LogP contribution in [0.4, 0.5) is 0 Å². The van der Waals surface area contributed by atoms with Crippen molar-refractivity contribution >= 4 is 0 Å². The van der Waals surface area contributed by atoms with Crippen molar-refractivity contribution in [1.29, 1.82) is 5.26 Å². The Hall–Kier alpha value is -2.61. The van der Waals surface area contributed by atoms with E-state index in [0.717, 1.165) is 23.3 Å². The zero-order valence-corrected chi connectivity index (χ0v) is 12.4. The number of hydrogen-bond acceptors (Lipinski definition) is 4. The van der Waals surface area contributed by atoms with Crippen molar-refractivity contribution < 1.29 is 4.74 Å². The van der Waals surface area contributed by atoms with Crippen LogP contribution in [-0.2, 0) is 6.54 Å². The number of rotatable bonds is 4. The minimum atomic E-state index is -0.340. The summed E-state index contributed by atoms with van der Waals surface area (Å²) in [4.78, 5) is 12.0. The van der Waals surface area contributed by atoms with Crippen molar-refractivity contribution in [2.75, 3.05) is 7.11 Å². The Morgan fingerprint density at radius 3 is 2.71 bits per heavy atom. The predicted molar refractivity (Wildman–Crippen MR) is 80.2 cm³/mol. The molecular formula is C16H17N3O2. The van der Waals surface area contributed by atoms with Gasteiger partial charge in [-0.15, -0.1) is 0 Å². The topological polar surface area (TPSA) is 67.9 Å². The quantitative estimate of drug-likeness (QED) is 0.864. The molecule has 0 aliphatic heterocycles. The van der Waals surface area contributed by atoms with E-state index in [-0.39, 0.29) is 11.1 Å². The van der Waals surface area contributed by atoms with Crippen LogP contribution in [0.15, 0.2) is 29.1 Å². The first-order valence-corrected chi connectivity index (χ1v) is 6.78. The summed E-state index contributed by atoms with van der Waals surface area (Å²) in [5, 5.41) is 13.5. The second-order valence-corrected chi connectivity index (χ2v) is 4.77. The van der Waals surface area contributed by atoms with E-state index in [0.29, 0.717) is 12.2 Å². The average molecular weight is 283 g/mol. The lowest BCUT2D eigenvalue weighted by Crippen LogP contribution is -2.25. The molecular weight excluding hydrogens is 266 g/mol. The minimum absolute atomic E-state index is 0.113. The molecule has 2 aromatic rings. The molecule has 0 amide bonds. The van der Waals surface area contributed by atoms with Crippen LogP contribution >= 0.6 is 0 Å². The van der Waals surface area contributed by atoms with Crippen LogP contribution in [0, 0.1) is 18.3 Å². The van der Waals surface area contributed by atoms with E-state index in [1.54, 1.807) is 7.11 Å². The third-order valence-corrected chi connectivity index (χ3v) is 3.22. The molecule has 0 spiro atoms. The van der Waals surface area contributed by atoms with E-state index in [1.807, 2.05) is 38.1 Å². The van der Waals surface area contributed by atoms with Crippen molar-refractivity contribution in [2.45, 2.75) is 26.8 Å². The van der Waals surface area contributed by atoms with Crippen molar-refractivity contribution in [3.05, 3.63) is 45.7 Å². The maximum absolute atomic E-state index is 12.0. The van der Waals surface area contributed by atoms with E-state index in [4.69, 9.17) is 10.00 Å². The van der Waals surface area contributed by atoms with E-state index in [1.165, 1.54) is 10.7 Å². The third kappa shape index (κ3) is 2.95. The fourth-order valence-electron chi connectivity index (χ4n) is 2.16. The van der Waals surface area contributed by atoms with Gasteiger partial charge in [0, 0.05) is 12.1 Å². The molecule has 0 unspecified atom stereocenters. The number of aryl methyl sites for hydroxylation is 2. The summed E-state index contributed by atoms with van der Waals surface area (Å²) < 4.78 is 6.59. The minimum Gasteiger partial charge on any atom is -0.496 e. The lowest BCUT2D eigenvalue weighted by molar-refractivity contribution is 0.412. The van der Waals surface area contributed by atoms with Crippen molar-refractivity contribution in [3.8, 4) is 23.1 Å². The SMILES string of the molecule is CCCn1nc(-c2ccc(OC)c(C)c2)cc(C#N)c1=O. The summed E-state index contributed by atoms with van der Waals surface area (Å²) in [6, 6.07) is 9.14. The molecule has 0 bridgehead atoms. The Balaban J connectivity index is 2.59. The standard InChI is InChI=1S/C16H17N3O2/c1-4-7-19-16(20)13(10-17)9-14(18-19)12-5-6-15(21-3)11(2)8-12/h5-6,8-9H,4,7H2,1-3H3. The highest BCUT2D eigenvalue weighted by Crippen LogP contribution is 2.24. The van der Waals surface area contributed by atoms with Crippen LogP contribution in [0.2, 0.25) is 0 Å². The first kappa shape index (κ1) is 14.8. The first-order chi connectivity index (χ1) is 10.1. The van der Waals surface area contributed by atoms with Crippen LogP contribution in [0.5, 0.6) is 5.75 Å². The summed E-state index contributed by atoms with van der Waals surface area (Å²) in [5.41, 5.74) is 2.22. The highest BCUT2D eigenvalue weighted by molar-refractivity contribution is 5.62. The van der Waals surface area contributed by atoms with Crippen LogP contribution in [0.3, 0.4) is 0 Å². The van der Waals surface area contributed by atoms with Crippen LogP contribution in [0.1, 0.15) is 24.5 Å². The zero-order valence-electron chi connectivity index (χ0n) is 12.4. The van der Waals surface area contributed by atoms with Gasteiger partial charge in [-0.05, 0) is 43.2 Å². The number of nitriles is 1. The highest BCUT2D eigenvalue weighted by Gasteiger charge is 2.10. The highest BCUT2D eigenvalue weighted by atomic mass is 16.5. The van der Waals surface area contributed by atoms with Gasteiger partial charge in [-0.2, -0.15) is 10.4 Å². The normalized spacial score (nSPS) is 10.2. The molecule has 5 nitrogen and oxygen atoms in total. The zero-order chi connectivity index (χ0) is 15.4. The maximum atomic E-state index is 12.0. The van der Waals surface area contributed by atoms with Gasteiger partial charge in [0.25, 0.3) is 5.56 Å². The Bertz CT molecular complexity index is 757. The van der Waals surface area contributed by atoms with Gasteiger partial charge in [-0.1, -0.05) is 6.92 Å². The summed E-state index contributed by atoms with van der Waals surface area (Å²) >= 11 is 0. The lowest BCUT2D eigenvalue weighted by Gasteiger charge is -2.09. The molecule has 1 aromatic heterocycles. The van der Waals surface area contributed by atoms with Gasteiger partial charge in [0.15, 0.2) is 0 Å². The van der Waals surface area contributed by atoms with Gasteiger partial charge >= 0.3 is 0 Å². The molecule has 21 heavy (non-hydrogen) atoms. The fourth-order valence-corrected chi connectivity index (χ4v) is 2.16. The molecule has 0 saturated carbocycles. The molecule has 0 aliphatic carbocycles. The maximum Gasteiger partial charge on any atom is 0.284 e. The Kier molecular flexibility index (Phi) is 4.39. The van der Waals surface area contributed by atoms with Crippen molar-refractivity contribution in [1.82, 2.24) is 9.78 Å². The number of methoxy groups -OCH3 is 1. The molecule has 5 heteroatoms. The molecule has 0 radical (unpaired) electrons. The second-order valence-electron chi connectivity index (χ2n) is 4.77. The summed E-state index contributed by atoms with van der Waals surface area (Å²) in [7, 11) is 1.62. The molecule has 0 saturated heterocycles. The molecule has 0 atom stereocenters. The van der Waals surface area contributed by atoms with E-state index >= 15 is 0 Å². The molecule has 108 valence electrons. The van der Waals surface area contributed by atoms with Gasteiger partial charge in [-0.3, -0.25) is 4.79 Å². The largest absolute Gasteiger partial charge is 0.496 e. The van der Waals surface area contributed by atoms with Crippen LogP contribution < -0.4 is 10.3 Å². The summed E-state index contributed by atoms with van der Waals surface area (Å²) in [6.07, 6.45) is 0.781. The molecule has 1 aromatic carbocycles. The third-order valence-electron chi connectivity index (χ3n) is 3.22. The lowest BCUT2D eigenvalue weighted by atomic mass is 10.1. The monoisotopic (exact) mass is 283 g/mol. The van der Waals surface area contributed by atoms with E-state index in [2.05, 4.69) is 5.10 Å². The Morgan fingerprint density at radius 2 is 2.14 bits per heavy atom. The fraction of sp³-hybridized carbons (Fsp3) is 0.312. The van der Waals surface area contributed by atoms with Gasteiger partial charge in [0.05, 0.1) is 12.8 Å². The van der Waals surface area contributed by atoms with Gasteiger partial charge in [0.1, 0.15) is 17.4 Å². The number of ether oxygens (including phenoxy) is 1. The number of aromatic nitrogens is 2. The molecule has 0 aliphatic rings. The smallest absolute Gasteiger partial charge is 0.284 e. The summed E-state index contributed by atoms with van der Waals surface area (Å²) in [6.45, 7) is 4.40. The Morgan fingerprint density at radius 1 is 1.38 bits per heavy atom. The first-order valence-electron chi connectivity index (χ1n) is 6.78. The van der Waals surface area contributed by atoms with E-state index < -0.39 is 0 Å². The van der Waals surface area contributed by atoms with E-state index in [9.17, 15) is 4.79 Å². The Labute approximate surface area is 123 Å². The molecule has 2 rings (SSSR count). The van der Waals surface area contributed by atoms with Gasteiger partial charge < -0.3 is 4.74 Å². The average Bonchev–Trinajstić information content (AvgIpc) is 2.49. The van der Waals surface area contributed by atoms with Crippen LogP contribution in [-0.4, -0.2) is 16.9 Å². The van der Waals surface area contributed by atoms with Crippen LogP contribution in [0.25, 0.3) is 11.3 Å². The number of nitrogens with zero attached hydrogens (tertiary/aromatic N) is 3. The molecule has 0 fully saturated rings. The molecule has 1 heterocycles. The van der Waals surface area contributed by atoms with Crippen molar-refractivity contribution in [2.24, 2.45) is 0 Å². The van der Waals surface area contributed by atoms with Gasteiger partial charge in [-0.25, -0.2) is 4.68 Å². The number of hydrogen-bond donors (Lipinski definition) is 0. The predicted octanol–water partition coefficient (Wildman–Crippen LogP) is 2.51. The van der Waals surface area contributed by atoms with Gasteiger partial charge in [0.2, 0.25) is 0 Å².